The lowest BCUT2D eigenvalue weighted by atomic mass is 9.88. The van der Waals surface area contributed by atoms with Crippen LogP contribution in [0.3, 0.4) is 0 Å². The molecule has 0 spiro atoms. The first-order chi connectivity index (χ1) is 16.9. The van der Waals surface area contributed by atoms with Crippen LogP contribution in [0.25, 0.3) is 5.78 Å². The minimum Gasteiger partial charge on any atom is -0.462 e. The monoisotopic (exact) mass is 497 g/mol. The van der Waals surface area contributed by atoms with Gasteiger partial charge in [0.1, 0.15) is 17.1 Å². The van der Waals surface area contributed by atoms with Crippen molar-refractivity contribution < 1.29 is 14.3 Å². The number of fused-ring (bicyclic) bond motifs is 2. The topological polar surface area (TPSA) is 105 Å². The number of amides is 1. The summed E-state index contributed by atoms with van der Waals surface area (Å²) in [6.07, 6.45) is 4.36. The summed E-state index contributed by atoms with van der Waals surface area (Å²) in [6.45, 7) is 9.60. The summed E-state index contributed by atoms with van der Waals surface area (Å²) in [5.74, 6) is 1.70. The fourth-order valence-corrected chi connectivity index (χ4v) is 6.31. The molecular weight excluding hydrogens is 466 g/mol. The number of ether oxygens (including phenoxy) is 1. The standard InChI is InChI=1S/C24H31N7O3S/c1-4-34-23(33)21-17-6-5-15(2)11-18(17)35-22(21)28-19(32)13-29-7-9-30(10-8-29)20-12-16(3)27-24-25-14-26-31(20)24/h12,14-15H,4-11,13H2,1-3H3,(H,28,32). The predicted octanol–water partition coefficient (Wildman–Crippen LogP) is 2.56. The number of hydrogen-bond acceptors (Lipinski definition) is 9. The van der Waals surface area contributed by atoms with Crippen LogP contribution in [0.2, 0.25) is 0 Å². The van der Waals surface area contributed by atoms with Gasteiger partial charge in [-0.3, -0.25) is 9.69 Å². The molecule has 0 radical (unpaired) electrons. The number of carbonyl (C=O) groups is 2. The van der Waals surface area contributed by atoms with Gasteiger partial charge in [0.15, 0.2) is 0 Å². The van der Waals surface area contributed by atoms with E-state index in [1.165, 1.54) is 22.5 Å². The zero-order valence-corrected chi connectivity index (χ0v) is 21.2. The molecule has 0 saturated carbocycles. The average Bonchev–Trinajstić information content (AvgIpc) is 3.42. The molecule has 1 N–H and O–H groups in total. The predicted molar refractivity (Wildman–Crippen MR) is 134 cm³/mol. The Hall–Kier alpha value is -3.05. The molecule has 4 heterocycles. The fourth-order valence-electron chi connectivity index (χ4n) is 4.90. The van der Waals surface area contributed by atoms with Crippen LogP contribution in [0.1, 0.15) is 46.8 Å². The van der Waals surface area contributed by atoms with Crippen molar-refractivity contribution in [3.05, 3.63) is 34.1 Å². The van der Waals surface area contributed by atoms with Gasteiger partial charge < -0.3 is 15.0 Å². The van der Waals surface area contributed by atoms with Crippen molar-refractivity contribution in [2.45, 2.75) is 40.0 Å². The molecule has 1 unspecified atom stereocenters. The summed E-state index contributed by atoms with van der Waals surface area (Å²) < 4.78 is 7.08. The largest absolute Gasteiger partial charge is 0.462 e. The van der Waals surface area contributed by atoms with Gasteiger partial charge in [-0.1, -0.05) is 6.92 Å². The van der Waals surface area contributed by atoms with E-state index < -0.39 is 0 Å². The van der Waals surface area contributed by atoms with E-state index >= 15 is 0 Å². The number of aryl methyl sites for hydroxylation is 1. The van der Waals surface area contributed by atoms with Gasteiger partial charge in [0.05, 0.1) is 18.7 Å². The second-order valence-electron chi connectivity index (χ2n) is 9.32. The molecule has 3 aromatic rings. The minimum atomic E-state index is -0.337. The molecule has 11 heteroatoms. The van der Waals surface area contributed by atoms with E-state index in [4.69, 9.17) is 4.74 Å². The fraction of sp³-hybridized carbons (Fsp3) is 0.542. The molecule has 1 saturated heterocycles. The number of carbonyl (C=O) groups excluding carboxylic acids is 2. The molecule has 2 aliphatic rings. The quantitative estimate of drug-likeness (QED) is 0.518. The van der Waals surface area contributed by atoms with Crippen molar-refractivity contribution >= 4 is 39.8 Å². The highest BCUT2D eigenvalue weighted by Gasteiger charge is 2.30. The highest BCUT2D eigenvalue weighted by atomic mass is 32.1. The van der Waals surface area contributed by atoms with Crippen molar-refractivity contribution in [2.24, 2.45) is 5.92 Å². The van der Waals surface area contributed by atoms with Gasteiger partial charge in [-0.15, -0.1) is 11.3 Å². The van der Waals surface area contributed by atoms with Crippen molar-refractivity contribution in [2.75, 3.05) is 49.5 Å². The third kappa shape index (κ3) is 4.87. The number of nitrogens with zero attached hydrogens (tertiary/aromatic N) is 6. The Morgan fingerprint density at radius 3 is 2.83 bits per heavy atom. The van der Waals surface area contributed by atoms with Gasteiger partial charge in [0.25, 0.3) is 5.78 Å². The van der Waals surface area contributed by atoms with Gasteiger partial charge in [-0.2, -0.15) is 14.6 Å². The van der Waals surface area contributed by atoms with Crippen molar-refractivity contribution in [1.82, 2.24) is 24.5 Å². The van der Waals surface area contributed by atoms with Crippen LogP contribution in [0.15, 0.2) is 12.4 Å². The van der Waals surface area contributed by atoms with Crippen molar-refractivity contribution in [3.63, 3.8) is 0 Å². The number of esters is 1. The van der Waals surface area contributed by atoms with E-state index in [2.05, 4.69) is 37.1 Å². The lowest BCUT2D eigenvalue weighted by molar-refractivity contribution is -0.117. The van der Waals surface area contributed by atoms with Crippen LogP contribution in [-0.2, 0) is 22.4 Å². The Kier molecular flexibility index (Phi) is 6.70. The number of nitrogens with one attached hydrogen (secondary N) is 1. The van der Waals surface area contributed by atoms with Gasteiger partial charge in [-0.05, 0) is 44.6 Å². The smallest absolute Gasteiger partial charge is 0.341 e. The summed E-state index contributed by atoms with van der Waals surface area (Å²) >= 11 is 1.53. The van der Waals surface area contributed by atoms with Crippen molar-refractivity contribution in [3.8, 4) is 0 Å². The Bertz CT molecular complexity index is 1250. The van der Waals surface area contributed by atoms with E-state index in [0.717, 1.165) is 62.5 Å². The van der Waals surface area contributed by atoms with Crippen LogP contribution in [-0.4, -0.2) is 75.7 Å². The molecule has 1 amide bonds. The van der Waals surface area contributed by atoms with E-state index in [1.807, 2.05) is 13.0 Å². The van der Waals surface area contributed by atoms with E-state index in [-0.39, 0.29) is 18.4 Å². The van der Waals surface area contributed by atoms with Crippen LogP contribution in [0.5, 0.6) is 0 Å². The molecule has 5 rings (SSSR count). The molecule has 1 aliphatic carbocycles. The number of aromatic nitrogens is 4. The summed E-state index contributed by atoms with van der Waals surface area (Å²) in [5.41, 5.74) is 2.51. The minimum absolute atomic E-state index is 0.103. The van der Waals surface area contributed by atoms with Crippen molar-refractivity contribution in [1.29, 1.82) is 0 Å². The highest BCUT2D eigenvalue weighted by Crippen LogP contribution is 2.40. The zero-order chi connectivity index (χ0) is 24.5. The maximum Gasteiger partial charge on any atom is 0.341 e. The second-order valence-corrected chi connectivity index (χ2v) is 10.4. The first-order valence-corrected chi connectivity index (χ1v) is 13.0. The third-order valence-electron chi connectivity index (χ3n) is 6.67. The number of rotatable bonds is 6. The second kappa shape index (κ2) is 9.90. The molecule has 1 atom stereocenters. The lowest BCUT2D eigenvalue weighted by Crippen LogP contribution is -2.49. The Labute approximate surface area is 208 Å². The molecule has 186 valence electrons. The van der Waals surface area contributed by atoms with Gasteiger partial charge in [0.2, 0.25) is 5.91 Å². The molecule has 3 aromatic heterocycles. The van der Waals surface area contributed by atoms with Crippen LogP contribution in [0.4, 0.5) is 10.8 Å². The summed E-state index contributed by atoms with van der Waals surface area (Å²) in [7, 11) is 0. The molecule has 10 nitrogen and oxygen atoms in total. The molecule has 35 heavy (non-hydrogen) atoms. The Morgan fingerprint density at radius 1 is 1.26 bits per heavy atom. The lowest BCUT2D eigenvalue weighted by Gasteiger charge is -2.35. The van der Waals surface area contributed by atoms with Gasteiger partial charge in [0, 0.05) is 42.8 Å². The van der Waals surface area contributed by atoms with Gasteiger partial charge in [-0.25, -0.2) is 9.78 Å². The van der Waals surface area contributed by atoms with E-state index in [9.17, 15) is 9.59 Å². The SMILES string of the molecule is CCOC(=O)c1c(NC(=O)CN2CCN(c3cc(C)nc4ncnn34)CC2)sc2c1CCC(C)C2. The van der Waals surface area contributed by atoms with Crippen LogP contribution < -0.4 is 10.2 Å². The van der Waals surface area contributed by atoms with E-state index in [0.29, 0.717) is 28.9 Å². The zero-order valence-electron chi connectivity index (χ0n) is 20.4. The highest BCUT2D eigenvalue weighted by molar-refractivity contribution is 7.17. The molecule has 0 aromatic carbocycles. The Balaban J connectivity index is 1.24. The first kappa shape index (κ1) is 23.7. The number of piperazine rings is 1. The average molecular weight is 498 g/mol. The molecule has 0 bridgehead atoms. The third-order valence-corrected chi connectivity index (χ3v) is 7.84. The molecular formula is C24H31N7O3S. The number of hydrogen-bond donors (Lipinski definition) is 1. The Morgan fingerprint density at radius 2 is 2.06 bits per heavy atom. The number of anilines is 2. The number of thiophene rings is 1. The maximum absolute atomic E-state index is 13.0. The molecule has 1 fully saturated rings. The van der Waals surface area contributed by atoms with E-state index in [1.54, 1.807) is 11.4 Å². The van der Waals surface area contributed by atoms with Crippen LogP contribution in [0, 0.1) is 12.8 Å². The first-order valence-electron chi connectivity index (χ1n) is 12.2. The molecule has 1 aliphatic heterocycles. The van der Waals surface area contributed by atoms with Gasteiger partial charge >= 0.3 is 5.97 Å². The summed E-state index contributed by atoms with van der Waals surface area (Å²) in [6, 6.07) is 2.01. The normalized spacial score (nSPS) is 18.5. The maximum atomic E-state index is 13.0. The van der Waals surface area contributed by atoms with Crippen LogP contribution >= 0.6 is 11.3 Å². The summed E-state index contributed by atoms with van der Waals surface area (Å²) in [4.78, 5) is 39.9. The summed E-state index contributed by atoms with van der Waals surface area (Å²) in [5, 5.41) is 7.97.